The van der Waals surface area contributed by atoms with E-state index in [4.69, 9.17) is 21.3 Å². The van der Waals surface area contributed by atoms with Gasteiger partial charge in [-0.05, 0) is 60.1 Å². The van der Waals surface area contributed by atoms with E-state index in [2.05, 4.69) is 48.3 Å². The Balaban J connectivity index is 2.44. The van der Waals surface area contributed by atoms with Crippen LogP contribution in [0, 0.1) is 15.4 Å². The summed E-state index contributed by atoms with van der Waals surface area (Å²) in [5.74, 6) is 1.95. The summed E-state index contributed by atoms with van der Waals surface area (Å²) in [4.78, 5) is 9.41. The highest BCUT2D eigenvalue weighted by Crippen LogP contribution is 2.41. The van der Waals surface area contributed by atoms with Crippen molar-refractivity contribution in [2.45, 2.75) is 58.5 Å². The summed E-state index contributed by atoms with van der Waals surface area (Å²) < 4.78 is 6.88. The van der Waals surface area contributed by atoms with Crippen molar-refractivity contribution in [2.24, 2.45) is 11.8 Å². The van der Waals surface area contributed by atoms with Crippen molar-refractivity contribution in [1.29, 1.82) is 0 Å². The van der Waals surface area contributed by atoms with Crippen LogP contribution in [0.2, 0.25) is 5.15 Å². The minimum absolute atomic E-state index is 0.364. The lowest BCUT2D eigenvalue weighted by Crippen LogP contribution is -2.36. The van der Waals surface area contributed by atoms with Gasteiger partial charge in [0.1, 0.15) is 10.8 Å². The Morgan fingerprint density at radius 3 is 2.71 bits per heavy atom. The largest absolute Gasteiger partial charge is 0.370 e. The van der Waals surface area contributed by atoms with Crippen molar-refractivity contribution in [3.05, 3.63) is 20.2 Å². The molecule has 1 heterocycles. The van der Waals surface area contributed by atoms with Crippen molar-refractivity contribution < 1.29 is 4.74 Å². The molecule has 0 aromatic carbocycles. The monoisotopic (exact) mass is 422 g/mol. The number of hydrogen-bond acceptors (Lipinski definition) is 3. The zero-order valence-corrected chi connectivity index (χ0v) is 16.2. The Morgan fingerprint density at radius 2 is 2.14 bits per heavy atom. The second kappa shape index (κ2) is 7.09. The van der Waals surface area contributed by atoms with Gasteiger partial charge >= 0.3 is 0 Å². The summed E-state index contributed by atoms with van der Waals surface area (Å²) in [5, 5.41) is 0.561. The third kappa shape index (κ3) is 3.88. The number of halogens is 2. The van der Waals surface area contributed by atoms with Crippen LogP contribution in [0.5, 0.6) is 0 Å². The van der Waals surface area contributed by atoms with Crippen LogP contribution in [0.4, 0.5) is 0 Å². The van der Waals surface area contributed by atoms with Crippen molar-refractivity contribution >= 4 is 34.2 Å². The molecule has 0 amide bonds. The van der Waals surface area contributed by atoms with Gasteiger partial charge in [-0.1, -0.05) is 38.8 Å². The zero-order chi connectivity index (χ0) is 15.6. The molecule has 1 aromatic heterocycles. The molecule has 2 atom stereocenters. The van der Waals surface area contributed by atoms with E-state index in [0.717, 1.165) is 40.8 Å². The van der Waals surface area contributed by atoms with E-state index in [9.17, 15) is 0 Å². The first-order valence-corrected chi connectivity index (χ1v) is 9.11. The van der Waals surface area contributed by atoms with Crippen LogP contribution in [0.1, 0.15) is 58.0 Å². The lowest BCUT2D eigenvalue weighted by Gasteiger charge is -2.37. The van der Waals surface area contributed by atoms with Gasteiger partial charge in [0.2, 0.25) is 0 Å². The van der Waals surface area contributed by atoms with E-state index in [1.54, 1.807) is 7.11 Å². The number of aromatic nitrogens is 2. The summed E-state index contributed by atoms with van der Waals surface area (Å²) >= 11 is 8.61. The van der Waals surface area contributed by atoms with E-state index in [1.165, 1.54) is 6.42 Å². The van der Waals surface area contributed by atoms with Gasteiger partial charge in [-0.2, -0.15) is 0 Å². The molecule has 1 aliphatic rings. The lowest BCUT2D eigenvalue weighted by atomic mass is 9.78. The van der Waals surface area contributed by atoms with Crippen LogP contribution in [0.25, 0.3) is 0 Å². The maximum atomic E-state index is 6.36. The van der Waals surface area contributed by atoms with E-state index < -0.39 is 0 Å². The molecule has 21 heavy (non-hydrogen) atoms. The fraction of sp³-hybridized carbons (Fsp3) is 0.750. The molecule has 118 valence electrons. The van der Waals surface area contributed by atoms with Crippen LogP contribution >= 0.6 is 34.2 Å². The molecule has 0 aliphatic heterocycles. The van der Waals surface area contributed by atoms with Gasteiger partial charge in [-0.25, -0.2) is 9.97 Å². The fourth-order valence-corrected chi connectivity index (χ4v) is 3.82. The Kier molecular flexibility index (Phi) is 5.88. The lowest BCUT2D eigenvalue weighted by molar-refractivity contribution is -0.0648. The molecule has 2 rings (SSSR count). The smallest absolute Gasteiger partial charge is 0.162 e. The molecule has 5 heteroatoms. The maximum absolute atomic E-state index is 6.36. The van der Waals surface area contributed by atoms with Crippen LogP contribution in [0.3, 0.4) is 0 Å². The molecule has 1 saturated carbocycles. The van der Waals surface area contributed by atoms with Gasteiger partial charge in [0.15, 0.2) is 5.82 Å². The predicted molar refractivity (Wildman–Crippen MR) is 94.6 cm³/mol. The van der Waals surface area contributed by atoms with Crippen LogP contribution in [0.15, 0.2) is 0 Å². The minimum Gasteiger partial charge on any atom is -0.370 e. The summed E-state index contributed by atoms with van der Waals surface area (Å²) in [6.07, 6.45) is 5.28. The predicted octanol–water partition coefficient (Wildman–Crippen LogP) is 4.98. The van der Waals surface area contributed by atoms with Gasteiger partial charge in [0, 0.05) is 7.11 Å². The highest BCUT2D eigenvalue weighted by atomic mass is 127. The first kappa shape index (κ1) is 17.4. The highest BCUT2D eigenvalue weighted by molar-refractivity contribution is 14.1. The van der Waals surface area contributed by atoms with E-state index >= 15 is 0 Å². The topological polar surface area (TPSA) is 35.0 Å². The molecule has 2 unspecified atom stereocenters. The second-order valence-electron chi connectivity index (χ2n) is 6.60. The summed E-state index contributed by atoms with van der Waals surface area (Å²) in [5.41, 5.74) is 0.687. The van der Waals surface area contributed by atoms with Gasteiger partial charge in [0.05, 0.1) is 9.26 Å². The summed E-state index contributed by atoms with van der Waals surface area (Å²) in [6.45, 7) is 6.66. The molecular weight excluding hydrogens is 399 g/mol. The Bertz CT molecular complexity index is 509. The number of rotatable bonds is 4. The van der Waals surface area contributed by atoms with E-state index in [0.29, 0.717) is 17.0 Å². The van der Waals surface area contributed by atoms with Crippen molar-refractivity contribution in [2.75, 3.05) is 7.11 Å². The standard InChI is InChI=1S/C16H24ClIN2O/c1-10(2)8-12-13(18)14(17)20-15(19-12)16(21-4)7-5-6-11(3)9-16/h10-11H,5-9H2,1-4H3. The fourth-order valence-electron chi connectivity index (χ4n) is 3.17. The molecule has 0 radical (unpaired) electrons. The molecule has 1 aromatic rings. The minimum atomic E-state index is -0.364. The number of methoxy groups -OCH3 is 1. The summed E-state index contributed by atoms with van der Waals surface area (Å²) in [6, 6.07) is 0. The number of hydrogen-bond donors (Lipinski definition) is 0. The van der Waals surface area contributed by atoms with Crippen LogP contribution in [-0.2, 0) is 16.8 Å². The first-order chi connectivity index (χ1) is 9.88. The SMILES string of the molecule is COC1(c2nc(Cl)c(I)c(CC(C)C)n2)CCCC(C)C1. The van der Waals surface area contributed by atoms with Crippen LogP contribution in [-0.4, -0.2) is 17.1 Å². The highest BCUT2D eigenvalue weighted by Gasteiger charge is 2.40. The van der Waals surface area contributed by atoms with Crippen molar-refractivity contribution in [3.63, 3.8) is 0 Å². The van der Waals surface area contributed by atoms with Gasteiger partial charge in [-0.3, -0.25) is 0 Å². The third-order valence-electron chi connectivity index (χ3n) is 4.23. The average molecular weight is 423 g/mol. The normalized spacial score (nSPS) is 26.3. The maximum Gasteiger partial charge on any atom is 0.162 e. The first-order valence-electron chi connectivity index (χ1n) is 7.65. The number of nitrogens with zero attached hydrogens (tertiary/aromatic N) is 2. The third-order valence-corrected chi connectivity index (χ3v) is 5.96. The quantitative estimate of drug-likeness (QED) is 0.507. The Hall–Kier alpha value is 0.0600. The summed E-state index contributed by atoms with van der Waals surface area (Å²) in [7, 11) is 1.77. The van der Waals surface area contributed by atoms with Gasteiger partial charge < -0.3 is 4.74 Å². The molecule has 1 aliphatic carbocycles. The second-order valence-corrected chi connectivity index (χ2v) is 8.03. The van der Waals surface area contributed by atoms with E-state index in [1.807, 2.05) is 0 Å². The molecule has 3 nitrogen and oxygen atoms in total. The molecular formula is C16H24ClIN2O. The van der Waals surface area contributed by atoms with Crippen LogP contribution < -0.4 is 0 Å². The van der Waals surface area contributed by atoms with Gasteiger partial charge in [0.25, 0.3) is 0 Å². The van der Waals surface area contributed by atoms with Crippen molar-refractivity contribution in [3.8, 4) is 0 Å². The van der Waals surface area contributed by atoms with Gasteiger partial charge in [-0.15, -0.1) is 0 Å². The molecule has 0 spiro atoms. The molecule has 0 N–H and O–H groups in total. The van der Waals surface area contributed by atoms with Crippen molar-refractivity contribution in [1.82, 2.24) is 9.97 Å². The number of ether oxygens (including phenoxy) is 1. The Labute approximate surface area is 146 Å². The Morgan fingerprint density at radius 1 is 1.43 bits per heavy atom. The molecule has 0 saturated heterocycles. The average Bonchev–Trinajstić information content (AvgIpc) is 2.43. The molecule has 0 bridgehead atoms. The molecule has 1 fully saturated rings. The zero-order valence-electron chi connectivity index (χ0n) is 13.2. The van der Waals surface area contributed by atoms with E-state index in [-0.39, 0.29) is 5.60 Å².